The van der Waals surface area contributed by atoms with Crippen LogP contribution in [-0.4, -0.2) is 25.0 Å². The molecule has 1 aromatic rings. The minimum Gasteiger partial charge on any atom is -0.324 e. The number of benzene rings is 1. The van der Waals surface area contributed by atoms with E-state index in [1.807, 2.05) is 7.05 Å². The van der Waals surface area contributed by atoms with Crippen molar-refractivity contribution in [2.45, 2.75) is 37.8 Å². The van der Waals surface area contributed by atoms with Gasteiger partial charge in [-0.15, -0.1) is 0 Å². The summed E-state index contributed by atoms with van der Waals surface area (Å²) < 4.78 is 0. The molecule has 1 aromatic carbocycles. The average Bonchev–Trinajstić information content (AvgIpc) is 3.12. The number of nitrogens with zero attached hydrogens (tertiary/aromatic N) is 1. The number of hydrogen-bond acceptors (Lipinski definition) is 3. The third kappa shape index (κ3) is 2.65. The Morgan fingerprint density at radius 3 is 2.89 bits per heavy atom. The molecule has 0 atom stereocenters. The Labute approximate surface area is 114 Å². The Bertz CT molecular complexity index is 508. The number of fused-ring (bicyclic) bond motifs is 1. The maximum absolute atomic E-state index is 11.6. The lowest BCUT2D eigenvalue weighted by molar-refractivity contribution is -0.118. The fraction of sp³-hybridized carbons (Fsp3) is 0.533. The molecule has 2 aliphatic rings. The number of amides is 1. The molecule has 0 radical (unpaired) electrons. The summed E-state index contributed by atoms with van der Waals surface area (Å²) in [5.41, 5.74) is 9.70. The van der Waals surface area contributed by atoms with Crippen molar-refractivity contribution in [3.8, 4) is 0 Å². The number of carbonyl (C=O) groups excluding carboxylic acids is 1. The molecule has 4 nitrogen and oxygen atoms in total. The van der Waals surface area contributed by atoms with Crippen LogP contribution in [0.15, 0.2) is 18.2 Å². The van der Waals surface area contributed by atoms with Crippen molar-refractivity contribution in [3.63, 3.8) is 0 Å². The van der Waals surface area contributed by atoms with E-state index in [0.29, 0.717) is 6.42 Å². The number of aryl methyl sites for hydroxylation is 1. The predicted molar refractivity (Wildman–Crippen MR) is 76.0 cm³/mol. The van der Waals surface area contributed by atoms with E-state index in [2.05, 4.69) is 23.5 Å². The van der Waals surface area contributed by atoms with Gasteiger partial charge in [-0.25, -0.2) is 0 Å². The highest BCUT2D eigenvalue weighted by atomic mass is 16.2. The third-order valence-electron chi connectivity index (χ3n) is 4.19. The summed E-state index contributed by atoms with van der Waals surface area (Å²) in [5.74, 6) is 0.206. The van der Waals surface area contributed by atoms with Gasteiger partial charge in [0.25, 0.3) is 0 Å². The van der Waals surface area contributed by atoms with Gasteiger partial charge in [0.05, 0.1) is 0 Å². The molecule has 19 heavy (non-hydrogen) atoms. The average molecular weight is 259 g/mol. The normalized spacial score (nSPS) is 20.3. The molecular weight excluding hydrogens is 238 g/mol. The fourth-order valence-electron chi connectivity index (χ4n) is 2.61. The van der Waals surface area contributed by atoms with Gasteiger partial charge in [-0.1, -0.05) is 12.1 Å². The first-order valence-corrected chi connectivity index (χ1v) is 6.95. The smallest absolute Gasteiger partial charge is 0.227 e. The van der Waals surface area contributed by atoms with Crippen molar-refractivity contribution in [3.05, 3.63) is 29.3 Å². The Morgan fingerprint density at radius 1 is 1.37 bits per heavy atom. The van der Waals surface area contributed by atoms with E-state index in [9.17, 15) is 4.79 Å². The van der Waals surface area contributed by atoms with Gasteiger partial charge in [-0.3, -0.25) is 4.79 Å². The minimum atomic E-state index is 0.0564. The molecule has 0 saturated heterocycles. The highest BCUT2D eigenvalue weighted by molar-refractivity contribution is 5.95. The van der Waals surface area contributed by atoms with Gasteiger partial charge < -0.3 is 16.0 Å². The minimum absolute atomic E-state index is 0.0564. The van der Waals surface area contributed by atoms with Crippen molar-refractivity contribution in [2.24, 2.45) is 5.73 Å². The van der Waals surface area contributed by atoms with Crippen LogP contribution in [0.2, 0.25) is 0 Å². The lowest BCUT2D eigenvalue weighted by Crippen LogP contribution is -2.35. The number of rotatable bonds is 4. The first kappa shape index (κ1) is 12.6. The van der Waals surface area contributed by atoms with Crippen LogP contribution < -0.4 is 16.0 Å². The molecule has 1 aliphatic heterocycles. The summed E-state index contributed by atoms with van der Waals surface area (Å²) in [4.78, 5) is 13.4. The first-order valence-electron chi connectivity index (χ1n) is 6.95. The van der Waals surface area contributed by atoms with Crippen molar-refractivity contribution < 1.29 is 4.79 Å². The van der Waals surface area contributed by atoms with Crippen LogP contribution >= 0.6 is 0 Å². The van der Waals surface area contributed by atoms with Gasteiger partial charge in [0.15, 0.2) is 0 Å². The largest absolute Gasteiger partial charge is 0.324 e. The Hall–Kier alpha value is -1.39. The molecule has 0 bridgehead atoms. The fourth-order valence-corrected chi connectivity index (χ4v) is 2.61. The van der Waals surface area contributed by atoms with Gasteiger partial charge in [0.2, 0.25) is 5.91 Å². The molecule has 1 saturated carbocycles. The molecule has 102 valence electrons. The second kappa shape index (κ2) is 4.62. The summed E-state index contributed by atoms with van der Waals surface area (Å²) in [7, 11) is 1.85. The molecule has 1 fully saturated rings. The van der Waals surface area contributed by atoms with Gasteiger partial charge in [-0.2, -0.15) is 0 Å². The number of carbonyl (C=O) groups is 1. The zero-order chi connectivity index (χ0) is 13.5. The Balaban J connectivity index is 1.66. The number of hydrogen-bond donors (Lipinski definition) is 2. The van der Waals surface area contributed by atoms with E-state index in [1.165, 1.54) is 11.1 Å². The molecular formula is C15H21N3O. The molecule has 1 heterocycles. The zero-order valence-electron chi connectivity index (χ0n) is 11.4. The van der Waals surface area contributed by atoms with E-state index < -0.39 is 0 Å². The highest BCUT2D eigenvalue weighted by Gasteiger charge is 2.37. The summed E-state index contributed by atoms with van der Waals surface area (Å²) in [6.07, 6.45) is 3.74. The molecule has 3 rings (SSSR count). The maximum Gasteiger partial charge on any atom is 0.227 e. The second-order valence-electron chi connectivity index (χ2n) is 5.88. The van der Waals surface area contributed by atoms with Crippen LogP contribution in [0.25, 0.3) is 0 Å². The zero-order valence-corrected chi connectivity index (χ0v) is 11.4. The highest BCUT2D eigenvalue weighted by Crippen LogP contribution is 2.31. The van der Waals surface area contributed by atoms with Gasteiger partial charge in [-0.05, 0) is 36.5 Å². The van der Waals surface area contributed by atoms with Crippen LogP contribution in [0.5, 0.6) is 0 Å². The molecule has 3 N–H and O–H groups in total. The first-order chi connectivity index (χ1) is 9.07. The van der Waals surface area contributed by atoms with Crippen molar-refractivity contribution in [2.75, 3.05) is 18.5 Å². The van der Waals surface area contributed by atoms with Crippen molar-refractivity contribution in [1.29, 1.82) is 0 Å². The van der Waals surface area contributed by atoms with Crippen LogP contribution in [0.1, 0.15) is 30.4 Å². The topological polar surface area (TPSA) is 58.4 Å². The van der Waals surface area contributed by atoms with E-state index in [1.54, 1.807) is 4.90 Å². The third-order valence-corrected chi connectivity index (χ3v) is 4.19. The van der Waals surface area contributed by atoms with Crippen LogP contribution in [0.4, 0.5) is 5.69 Å². The lowest BCUT2D eigenvalue weighted by atomic mass is 9.99. The standard InChI is InChI=1S/C15H21N3O/c1-18-13-4-2-11(8-12(13)3-5-14(18)19)9-17-10-15(16)6-7-15/h2,4,8,17H,3,5-7,9-10,16H2,1H3. The number of nitrogens with one attached hydrogen (secondary N) is 1. The Morgan fingerprint density at radius 2 is 2.16 bits per heavy atom. The summed E-state index contributed by atoms with van der Waals surface area (Å²) in [6, 6.07) is 6.36. The van der Waals surface area contributed by atoms with Gasteiger partial charge in [0, 0.05) is 37.8 Å². The SMILES string of the molecule is CN1C(=O)CCc2cc(CNCC3(N)CC3)ccc21. The number of nitrogens with two attached hydrogens (primary N) is 1. The number of anilines is 1. The molecule has 0 spiro atoms. The van der Waals surface area contributed by atoms with E-state index in [4.69, 9.17) is 5.73 Å². The van der Waals surface area contributed by atoms with Crippen molar-refractivity contribution >= 4 is 11.6 Å². The lowest BCUT2D eigenvalue weighted by Gasteiger charge is -2.26. The van der Waals surface area contributed by atoms with Crippen molar-refractivity contribution in [1.82, 2.24) is 5.32 Å². The molecule has 4 heteroatoms. The van der Waals surface area contributed by atoms with Crippen LogP contribution in [-0.2, 0) is 17.8 Å². The molecule has 0 aromatic heterocycles. The van der Waals surface area contributed by atoms with Gasteiger partial charge in [0.1, 0.15) is 0 Å². The van der Waals surface area contributed by atoms with Crippen LogP contribution in [0.3, 0.4) is 0 Å². The quantitative estimate of drug-likeness (QED) is 0.853. The Kier molecular flexibility index (Phi) is 3.07. The molecule has 1 aliphatic carbocycles. The second-order valence-corrected chi connectivity index (χ2v) is 5.88. The van der Waals surface area contributed by atoms with Crippen LogP contribution in [0, 0.1) is 0 Å². The molecule has 1 amide bonds. The summed E-state index contributed by atoms with van der Waals surface area (Å²) in [5, 5.41) is 3.43. The predicted octanol–water partition coefficient (Wildman–Crippen LogP) is 1.18. The summed E-state index contributed by atoms with van der Waals surface area (Å²) >= 11 is 0. The van der Waals surface area contributed by atoms with E-state index in [0.717, 1.165) is 38.0 Å². The van der Waals surface area contributed by atoms with E-state index >= 15 is 0 Å². The summed E-state index contributed by atoms with van der Waals surface area (Å²) in [6.45, 7) is 1.74. The monoisotopic (exact) mass is 259 g/mol. The van der Waals surface area contributed by atoms with E-state index in [-0.39, 0.29) is 11.4 Å². The maximum atomic E-state index is 11.6. The molecule has 0 unspecified atom stereocenters. The van der Waals surface area contributed by atoms with Gasteiger partial charge >= 0.3 is 0 Å².